The summed E-state index contributed by atoms with van der Waals surface area (Å²) in [6, 6.07) is 14.3. The van der Waals surface area contributed by atoms with E-state index in [4.69, 9.17) is 16.3 Å². The highest BCUT2D eigenvalue weighted by molar-refractivity contribution is 6.30. The van der Waals surface area contributed by atoms with Crippen molar-refractivity contribution >= 4 is 17.3 Å². The standard InChI is InChI=1S/C15H14ClNO/c1-10-2-7-13-15(8-10)18-9-14(17-13)11-3-5-12(16)6-4-11/h2-8,14,17H,9H2,1H3. The van der Waals surface area contributed by atoms with E-state index in [1.807, 2.05) is 24.3 Å². The van der Waals surface area contributed by atoms with Gasteiger partial charge < -0.3 is 10.1 Å². The van der Waals surface area contributed by atoms with Crippen molar-refractivity contribution in [2.45, 2.75) is 13.0 Å². The van der Waals surface area contributed by atoms with Gasteiger partial charge in [0, 0.05) is 5.02 Å². The summed E-state index contributed by atoms with van der Waals surface area (Å²) >= 11 is 5.90. The minimum atomic E-state index is 0.178. The van der Waals surface area contributed by atoms with E-state index in [0.717, 1.165) is 16.5 Å². The van der Waals surface area contributed by atoms with Gasteiger partial charge in [0.05, 0.1) is 11.7 Å². The van der Waals surface area contributed by atoms with E-state index in [9.17, 15) is 0 Å². The first-order valence-corrected chi connectivity index (χ1v) is 6.35. The van der Waals surface area contributed by atoms with E-state index >= 15 is 0 Å². The van der Waals surface area contributed by atoms with Crippen LogP contribution in [0.4, 0.5) is 5.69 Å². The molecule has 0 aliphatic carbocycles. The van der Waals surface area contributed by atoms with Crippen molar-refractivity contribution in [2.75, 3.05) is 11.9 Å². The molecule has 1 heterocycles. The Morgan fingerprint density at radius 1 is 1.17 bits per heavy atom. The molecule has 0 amide bonds. The molecule has 0 saturated heterocycles. The number of ether oxygens (including phenoxy) is 1. The van der Waals surface area contributed by atoms with Gasteiger partial charge in [-0.25, -0.2) is 0 Å². The molecule has 1 aliphatic heterocycles. The molecule has 3 heteroatoms. The molecule has 0 radical (unpaired) electrons. The Morgan fingerprint density at radius 3 is 2.72 bits per heavy atom. The van der Waals surface area contributed by atoms with Gasteiger partial charge >= 0.3 is 0 Å². The van der Waals surface area contributed by atoms with Crippen LogP contribution in [0.5, 0.6) is 5.75 Å². The molecule has 3 rings (SSSR count). The Balaban J connectivity index is 1.86. The smallest absolute Gasteiger partial charge is 0.142 e. The lowest BCUT2D eigenvalue weighted by Gasteiger charge is -2.28. The molecule has 2 aromatic rings. The van der Waals surface area contributed by atoms with Crippen LogP contribution in [0.25, 0.3) is 0 Å². The molecule has 2 nitrogen and oxygen atoms in total. The summed E-state index contributed by atoms with van der Waals surface area (Å²) in [5, 5.41) is 4.25. The highest BCUT2D eigenvalue weighted by Gasteiger charge is 2.20. The number of halogens is 1. The van der Waals surface area contributed by atoms with Crippen LogP contribution in [-0.2, 0) is 0 Å². The van der Waals surface area contributed by atoms with Gasteiger partial charge in [-0.1, -0.05) is 29.8 Å². The van der Waals surface area contributed by atoms with Crippen molar-refractivity contribution in [1.82, 2.24) is 0 Å². The number of nitrogens with one attached hydrogen (secondary N) is 1. The quantitative estimate of drug-likeness (QED) is 0.829. The van der Waals surface area contributed by atoms with Gasteiger partial charge in [0.2, 0.25) is 0 Å². The number of fused-ring (bicyclic) bond motifs is 1. The van der Waals surface area contributed by atoms with Gasteiger partial charge in [-0.3, -0.25) is 0 Å². The second-order valence-electron chi connectivity index (χ2n) is 4.56. The SMILES string of the molecule is Cc1ccc2c(c1)OCC(c1ccc(Cl)cc1)N2. The van der Waals surface area contributed by atoms with Gasteiger partial charge in [0.15, 0.2) is 0 Å². The first kappa shape index (κ1) is 11.4. The van der Waals surface area contributed by atoms with Gasteiger partial charge in [0.1, 0.15) is 12.4 Å². The number of benzene rings is 2. The molecule has 0 bridgehead atoms. The predicted molar refractivity (Wildman–Crippen MR) is 74.5 cm³/mol. The van der Waals surface area contributed by atoms with Crippen LogP contribution in [0, 0.1) is 6.92 Å². The molecule has 92 valence electrons. The van der Waals surface area contributed by atoms with E-state index in [1.165, 1.54) is 11.1 Å². The van der Waals surface area contributed by atoms with Crippen LogP contribution in [0.3, 0.4) is 0 Å². The largest absolute Gasteiger partial charge is 0.489 e. The van der Waals surface area contributed by atoms with E-state index in [-0.39, 0.29) is 6.04 Å². The van der Waals surface area contributed by atoms with E-state index < -0.39 is 0 Å². The Hall–Kier alpha value is -1.67. The monoisotopic (exact) mass is 259 g/mol. The Bertz CT molecular complexity index is 565. The highest BCUT2D eigenvalue weighted by atomic mass is 35.5. The fourth-order valence-electron chi connectivity index (χ4n) is 2.15. The van der Waals surface area contributed by atoms with Crippen LogP contribution in [0.2, 0.25) is 5.02 Å². The molecular weight excluding hydrogens is 246 g/mol. The van der Waals surface area contributed by atoms with E-state index in [1.54, 1.807) is 0 Å². The fraction of sp³-hybridized carbons (Fsp3) is 0.200. The molecule has 1 unspecified atom stereocenters. The number of anilines is 1. The van der Waals surface area contributed by atoms with Crippen LogP contribution >= 0.6 is 11.6 Å². The highest BCUT2D eigenvalue weighted by Crippen LogP contribution is 2.34. The zero-order valence-electron chi connectivity index (χ0n) is 10.1. The van der Waals surface area contributed by atoms with Crippen molar-refractivity contribution in [3.63, 3.8) is 0 Å². The summed E-state index contributed by atoms with van der Waals surface area (Å²) in [5.74, 6) is 0.931. The van der Waals surface area contributed by atoms with Gasteiger partial charge in [0.25, 0.3) is 0 Å². The average Bonchev–Trinajstić information content (AvgIpc) is 2.39. The van der Waals surface area contributed by atoms with Crippen LogP contribution in [-0.4, -0.2) is 6.61 Å². The lowest BCUT2D eigenvalue weighted by atomic mass is 10.1. The first-order chi connectivity index (χ1) is 8.72. The number of hydrogen-bond acceptors (Lipinski definition) is 2. The molecule has 0 saturated carbocycles. The van der Waals surface area contributed by atoms with Crippen molar-refractivity contribution in [1.29, 1.82) is 0 Å². The number of hydrogen-bond donors (Lipinski definition) is 1. The van der Waals surface area contributed by atoms with Crippen LogP contribution in [0.15, 0.2) is 42.5 Å². The maximum absolute atomic E-state index is 5.90. The van der Waals surface area contributed by atoms with E-state index in [2.05, 4.69) is 30.4 Å². The minimum Gasteiger partial charge on any atom is -0.489 e. The van der Waals surface area contributed by atoms with E-state index in [0.29, 0.717) is 6.61 Å². The van der Waals surface area contributed by atoms with Crippen molar-refractivity contribution < 1.29 is 4.74 Å². The van der Waals surface area contributed by atoms with Crippen LogP contribution in [0.1, 0.15) is 17.2 Å². The molecule has 2 aromatic carbocycles. The van der Waals surface area contributed by atoms with Gasteiger partial charge in [-0.2, -0.15) is 0 Å². The Kier molecular flexibility index (Phi) is 2.88. The summed E-state index contributed by atoms with van der Waals surface area (Å²) in [5.41, 5.74) is 3.44. The number of rotatable bonds is 1. The molecule has 1 N–H and O–H groups in total. The predicted octanol–water partition coefficient (Wildman–Crippen LogP) is 4.19. The van der Waals surface area contributed by atoms with Gasteiger partial charge in [-0.15, -0.1) is 0 Å². The maximum Gasteiger partial charge on any atom is 0.142 e. The van der Waals surface area contributed by atoms with Crippen molar-refractivity contribution in [3.8, 4) is 5.75 Å². The molecule has 1 aliphatic rings. The lowest BCUT2D eigenvalue weighted by molar-refractivity contribution is 0.286. The summed E-state index contributed by atoms with van der Waals surface area (Å²) in [4.78, 5) is 0. The summed E-state index contributed by atoms with van der Waals surface area (Å²) in [6.45, 7) is 2.70. The summed E-state index contributed by atoms with van der Waals surface area (Å²) < 4.78 is 5.81. The van der Waals surface area contributed by atoms with Crippen molar-refractivity contribution in [3.05, 3.63) is 58.6 Å². The normalized spacial score (nSPS) is 17.6. The Labute approximate surface area is 112 Å². The summed E-state index contributed by atoms with van der Waals surface area (Å²) in [6.07, 6.45) is 0. The number of aryl methyl sites for hydroxylation is 1. The maximum atomic E-state index is 5.90. The molecule has 0 fully saturated rings. The van der Waals surface area contributed by atoms with Crippen LogP contribution < -0.4 is 10.1 Å². The lowest BCUT2D eigenvalue weighted by Crippen LogP contribution is -2.23. The Morgan fingerprint density at radius 2 is 1.94 bits per heavy atom. The average molecular weight is 260 g/mol. The summed E-state index contributed by atoms with van der Waals surface area (Å²) in [7, 11) is 0. The molecule has 0 spiro atoms. The third kappa shape index (κ3) is 2.16. The minimum absolute atomic E-state index is 0.178. The second-order valence-corrected chi connectivity index (χ2v) is 5.00. The molecule has 1 atom stereocenters. The molecule has 18 heavy (non-hydrogen) atoms. The third-order valence-electron chi connectivity index (χ3n) is 3.14. The van der Waals surface area contributed by atoms with Crippen molar-refractivity contribution in [2.24, 2.45) is 0 Å². The molecule has 0 aromatic heterocycles. The third-order valence-corrected chi connectivity index (χ3v) is 3.40. The van der Waals surface area contributed by atoms with Gasteiger partial charge in [-0.05, 0) is 42.3 Å². The second kappa shape index (κ2) is 4.54. The fourth-order valence-corrected chi connectivity index (χ4v) is 2.27. The topological polar surface area (TPSA) is 21.3 Å². The molecular formula is C15H14ClNO. The first-order valence-electron chi connectivity index (χ1n) is 5.98. The zero-order chi connectivity index (χ0) is 12.5. The zero-order valence-corrected chi connectivity index (χ0v) is 10.9.